The number of nitrogens with zero attached hydrogens (tertiary/aromatic N) is 1. The second-order valence-corrected chi connectivity index (χ2v) is 3.52. The number of nitro benzene ring substituents is 1. The molecular weight excluding hydrogens is 230 g/mol. The van der Waals surface area contributed by atoms with Crippen molar-refractivity contribution in [3.63, 3.8) is 0 Å². The smallest absolute Gasteiger partial charge is 0.278 e. The number of benzene rings is 1. The van der Waals surface area contributed by atoms with Crippen molar-refractivity contribution < 1.29 is 25.3 Å². The van der Waals surface area contributed by atoms with E-state index in [0.717, 1.165) is 6.07 Å². The van der Waals surface area contributed by atoms with Gasteiger partial charge in [-0.05, 0) is 18.6 Å². The molecule has 0 aliphatic carbocycles. The minimum absolute atomic E-state index is 0.0980. The monoisotopic (exact) mass is 243 g/mol. The molecule has 0 spiro atoms. The molecule has 0 heterocycles. The molecule has 0 radical (unpaired) electrons. The van der Waals surface area contributed by atoms with E-state index in [1.54, 1.807) is 0 Å². The van der Waals surface area contributed by atoms with Crippen LogP contribution in [-0.2, 0) is 0 Å². The average Bonchev–Trinajstić information content (AvgIpc) is 2.28. The van der Waals surface area contributed by atoms with Gasteiger partial charge in [-0.15, -0.1) is 0 Å². The van der Waals surface area contributed by atoms with E-state index >= 15 is 0 Å². The highest BCUT2D eigenvalue weighted by Gasteiger charge is 2.26. The molecule has 17 heavy (non-hydrogen) atoms. The molecule has 0 aromatic heterocycles. The number of hydrogen-bond acceptors (Lipinski definition) is 6. The fourth-order valence-corrected chi connectivity index (χ4v) is 1.44. The van der Waals surface area contributed by atoms with Crippen LogP contribution in [0.1, 0.15) is 18.1 Å². The van der Waals surface area contributed by atoms with E-state index in [1.807, 2.05) is 0 Å². The Labute approximate surface area is 96.7 Å². The average molecular weight is 243 g/mol. The highest BCUT2D eigenvalue weighted by atomic mass is 16.6. The normalized spacial score (nSPS) is 14.3. The third-order valence-corrected chi connectivity index (χ3v) is 2.32. The Morgan fingerprint density at radius 3 is 2.53 bits per heavy atom. The molecule has 4 N–H and O–H groups in total. The molecule has 2 unspecified atom stereocenters. The summed E-state index contributed by atoms with van der Waals surface area (Å²) in [7, 11) is 0. The lowest BCUT2D eigenvalue weighted by molar-refractivity contribution is -0.386. The summed E-state index contributed by atoms with van der Waals surface area (Å²) in [5.74, 6) is -0.302. The summed E-state index contributed by atoms with van der Waals surface area (Å²) in [6, 6.07) is 3.24. The molecule has 0 fully saturated rings. The zero-order valence-corrected chi connectivity index (χ0v) is 8.85. The van der Waals surface area contributed by atoms with Crippen LogP contribution in [0.2, 0.25) is 0 Å². The van der Waals surface area contributed by atoms with Crippen LogP contribution in [0.5, 0.6) is 5.75 Å². The fourth-order valence-electron chi connectivity index (χ4n) is 1.44. The quantitative estimate of drug-likeness (QED) is 0.428. The minimum atomic E-state index is -1.48. The molecule has 1 aromatic carbocycles. The maximum absolute atomic E-state index is 10.7. The van der Waals surface area contributed by atoms with Crippen LogP contribution in [0.4, 0.5) is 5.69 Å². The first kappa shape index (κ1) is 13.4. The summed E-state index contributed by atoms with van der Waals surface area (Å²) >= 11 is 0. The number of aromatic hydroxyl groups is 1. The van der Waals surface area contributed by atoms with Crippen molar-refractivity contribution in [2.75, 3.05) is 6.61 Å². The molecule has 0 amide bonds. The Morgan fingerprint density at radius 2 is 2.00 bits per heavy atom. The molecule has 0 saturated heterocycles. The van der Waals surface area contributed by atoms with Crippen molar-refractivity contribution in [2.45, 2.75) is 18.6 Å². The molecule has 7 heteroatoms. The van der Waals surface area contributed by atoms with Gasteiger partial charge in [0.1, 0.15) is 11.9 Å². The first-order chi connectivity index (χ1) is 7.97. The summed E-state index contributed by atoms with van der Waals surface area (Å²) in [5.41, 5.74) is -0.580. The van der Waals surface area contributed by atoms with Crippen LogP contribution in [0.25, 0.3) is 0 Å². The predicted molar refractivity (Wildman–Crippen MR) is 57.4 cm³/mol. The minimum Gasteiger partial charge on any atom is -0.508 e. The predicted octanol–water partition coefficient (Wildman–Crippen LogP) is 0.0771. The van der Waals surface area contributed by atoms with Crippen molar-refractivity contribution in [3.05, 3.63) is 33.9 Å². The molecule has 1 rings (SSSR count). The van der Waals surface area contributed by atoms with Gasteiger partial charge in [0.2, 0.25) is 0 Å². The van der Waals surface area contributed by atoms with E-state index in [-0.39, 0.29) is 24.3 Å². The summed E-state index contributed by atoms with van der Waals surface area (Å²) < 4.78 is 0. The fraction of sp³-hybridized carbons (Fsp3) is 0.400. The largest absolute Gasteiger partial charge is 0.508 e. The van der Waals surface area contributed by atoms with E-state index in [4.69, 9.17) is 10.2 Å². The molecule has 0 aliphatic rings. The number of aliphatic hydroxyl groups excluding tert-OH is 3. The van der Waals surface area contributed by atoms with E-state index in [0.29, 0.717) is 0 Å². The third kappa shape index (κ3) is 3.13. The number of phenols is 1. The number of nitro groups is 1. The Balaban J connectivity index is 3.08. The molecule has 0 saturated carbocycles. The Morgan fingerprint density at radius 1 is 1.35 bits per heavy atom. The maximum atomic E-state index is 10.7. The molecular formula is C10H13NO6. The zero-order valence-electron chi connectivity index (χ0n) is 8.85. The summed E-state index contributed by atoms with van der Waals surface area (Å²) in [4.78, 5) is 9.95. The summed E-state index contributed by atoms with van der Waals surface area (Å²) in [5, 5.41) is 47.6. The zero-order chi connectivity index (χ0) is 13.0. The lowest BCUT2D eigenvalue weighted by Crippen LogP contribution is -2.20. The second kappa shape index (κ2) is 5.58. The molecule has 7 nitrogen and oxygen atoms in total. The van der Waals surface area contributed by atoms with Gasteiger partial charge in [0, 0.05) is 6.61 Å². The van der Waals surface area contributed by atoms with Crippen molar-refractivity contribution in [1.82, 2.24) is 0 Å². The lowest BCUT2D eigenvalue weighted by Gasteiger charge is -2.17. The standard InChI is InChI=1S/C10H13NO6/c12-4-3-9(14)10(15)7-2-1-6(13)5-8(7)11(16)17/h1-2,5,9-10,12-15H,3-4H2. The van der Waals surface area contributed by atoms with E-state index in [1.165, 1.54) is 12.1 Å². The van der Waals surface area contributed by atoms with Crippen LogP contribution >= 0.6 is 0 Å². The van der Waals surface area contributed by atoms with E-state index < -0.39 is 22.8 Å². The topological polar surface area (TPSA) is 124 Å². The van der Waals surface area contributed by atoms with Crippen molar-refractivity contribution in [1.29, 1.82) is 0 Å². The van der Waals surface area contributed by atoms with Gasteiger partial charge in [-0.1, -0.05) is 0 Å². The van der Waals surface area contributed by atoms with Crippen LogP contribution in [0.15, 0.2) is 18.2 Å². The van der Waals surface area contributed by atoms with Gasteiger partial charge >= 0.3 is 0 Å². The molecule has 94 valence electrons. The Kier molecular flexibility index (Phi) is 4.38. The van der Waals surface area contributed by atoms with Crippen molar-refractivity contribution in [2.24, 2.45) is 0 Å². The van der Waals surface area contributed by atoms with Crippen LogP contribution in [0.3, 0.4) is 0 Å². The highest BCUT2D eigenvalue weighted by molar-refractivity contribution is 5.46. The summed E-state index contributed by atoms with van der Waals surface area (Å²) in [6.07, 6.45) is -2.88. The Hall–Kier alpha value is -1.70. The SMILES string of the molecule is O=[N+]([O-])c1cc(O)ccc1C(O)C(O)CCO. The second-order valence-electron chi connectivity index (χ2n) is 3.52. The molecule has 1 aromatic rings. The molecule has 0 bridgehead atoms. The molecule has 2 atom stereocenters. The van der Waals surface area contributed by atoms with Crippen LogP contribution < -0.4 is 0 Å². The van der Waals surface area contributed by atoms with Gasteiger partial charge in [0.15, 0.2) is 0 Å². The number of phenolic OH excluding ortho intramolecular Hbond substituents is 1. The molecule has 0 aliphatic heterocycles. The van der Waals surface area contributed by atoms with E-state index in [9.17, 15) is 20.3 Å². The van der Waals surface area contributed by atoms with Crippen molar-refractivity contribution >= 4 is 5.69 Å². The van der Waals surface area contributed by atoms with Gasteiger partial charge in [-0.3, -0.25) is 10.1 Å². The number of rotatable bonds is 5. The lowest BCUT2D eigenvalue weighted by atomic mass is 10.0. The first-order valence-electron chi connectivity index (χ1n) is 4.91. The summed E-state index contributed by atoms with van der Waals surface area (Å²) in [6.45, 7) is -0.343. The highest BCUT2D eigenvalue weighted by Crippen LogP contribution is 2.31. The van der Waals surface area contributed by atoms with E-state index in [2.05, 4.69) is 0 Å². The van der Waals surface area contributed by atoms with Gasteiger partial charge in [-0.2, -0.15) is 0 Å². The first-order valence-corrected chi connectivity index (χ1v) is 4.91. The van der Waals surface area contributed by atoms with Crippen molar-refractivity contribution in [3.8, 4) is 5.75 Å². The number of hydrogen-bond donors (Lipinski definition) is 4. The van der Waals surface area contributed by atoms with Gasteiger partial charge in [0.05, 0.1) is 22.7 Å². The van der Waals surface area contributed by atoms with Gasteiger partial charge in [-0.25, -0.2) is 0 Å². The van der Waals surface area contributed by atoms with Gasteiger partial charge in [0.25, 0.3) is 5.69 Å². The number of aliphatic hydroxyl groups is 3. The third-order valence-electron chi connectivity index (χ3n) is 2.32. The maximum Gasteiger partial charge on any atom is 0.278 e. The van der Waals surface area contributed by atoms with Gasteiger partial charge < -0.3 is 20.4 Å². The van der Waals surface area contributed by atoms with Crippen LogP contribution in [0, 0.1) is 10.1 Å². The Bertz CT molecular complexity index is 408. The van der Waals surface area contributed by atoms with Crippen LogP contribution in [-0.4, -0.2) is 38.1 Å².